The lowest BCUT2D eigenvalue weighted by atomic mass is 10.1. The van der Waals surface area contributed by atoms with Crippen LogP contribution in [0.25, 0.3) is 0 Å². The Morgan fingerprint density at radius 1 is 1.13 bits per heavy atom. The molecule has 0 radical (unpaired) electrons. The van der Waals surface area contributed by atoms with Gasteiger partial charge in [-0.15, -0.1) is 0 Å². The van der Waals surface area contributed by atoms with Crippen LogP contribution in [0.5, 0.6) is 5.75 Å². The molecule has 1 N–H and O–H groups in total. The van der Waals surface area contributed by atoms with E-state index >= 15 is 0 Å². The molecule has 0 saturated carbocycles. The Morgan fingerprint density at radius 2 is 1.70 bits per heavy atom. The quantitative estimate of drug-likeness (QED) is 0.474. The third-order valence-electron chi connectivity index (χ3n) is 2.58. The van der Waals surface area contributed by atoms with Gasteiger partial charge < -0.3 is 8.92 Å². The smallest absolute Gasteiger partial charge is 0.458 e. The van der Waals surface area contributed by atoms with Gasteiger partial charge in [0, 0.05) is 6.04 Å². The molecule has 0 saturated heterocycles. The molecule has 0 bridgehead atoms. The average molecular weight is 457 g/mol. The molecule has 0 aromatic heterocycles. The van der Waals surface area contributed by atoms with Crippen LogP contribution in [0.1, 0.15) is 39.3 Å². The van der Waals surface area contributed by atoms with Gasteiger partial charge in [0.2, 0.25) is 0 Å². The van der Waals surface area contributed by atoms with Crippen LogP contribution < -0.4 is 9.50 Å². The predicted molar refractivity (Wildman–Crippen MR) is 93.3 cm³/mol. The molecule has 0 heterocycles. The molecule has 130 valence electrons. The van der Waals surface area contributed by atoms with Crippen molar-refractivity contribution in [3.8, 4) is 5.75 Å². The van der Waals surface area contributed by atoms with Gasteiger partial charge in [-0.3, -0.25) is 5.32 Å². The standard InChI is InChI=1S/C14H20INO6S/c1-9(2)16-13(14(17)20-10(3)4)11-5-7-12(8-6-11)21-23(18,19)22-15/h5-10,13,16H,1-4H3. The number of nitrogens with one attached hydrogen (secondary N) is 1. The SMILES string of the molecule is CC(C)NC(C(=O)OC(C)C)c1ccc(OS(=O)(=O)OI)cc1. The number of rotatable bonds is 8. The topological polar surface area (TPSA) is 90.9 Å². The van der Waals surface area contributed by atoms with Crippen molar-refractivity contribution in [2.24, 2.45) is 0 Å². The first kappa shape index (κ1) is 20.1. The molecular formula is C14H20INO6S. The van der Waals surface area contributed by atoms with Crippen LogP contribution in [0.15, 0.2) is 24.3 Å². The Labute approximate surface area is 150 Å². The van der Waals surface area contributed by atoms with Gasteiger partial charge in [0.15, 0.2) is 0 Å². The van der Waals surface area contributed by atoms with Crippen LogP contribution in [-0.4, -0.2) is 26.5 Å². The third-order valence-corrected chi connectivity index (χ3v) is 4.45. The molecule has 1 atom stereocenters. The molecule has 0 spiro atoms. The highest BCUT2D eigenvalue weighted by atomic mass is 127. The van der Waals surface area contributed by atoms with Gasteiger partial charge in [0.25, 0.3) is 0 Å². The van der Waals surface area contributed by atoms with E-state index in [9.17, 15) is 13.2 Å². The number of esters is 1. The molecule has 9 heteroatoms. The van der Waals surface area contributed by atoms with E-state index in [2.05, 4.69) is 7.83 Å². The molecule has 1 rings (SSSR count). The summed E-state index contributed by atoms with van der Waals surface area (Å²) in [5, 5.41) is 3.12. The van der Waals surface area contributed by atoms with Crippen molar-refractivity contribution in [3.63, 3.8) is 0 Å². The fourth-order valence-corrected chi connectivity index (χ4v) is 2.37. The lowest BCUT2D eigenvalue weighted by molar-refractivity contribution is -0.150. The van der Waals surface area contributed by atoms with Crippen LogP contribution in [0.4, 0.5) is 0 Å². The summed E-state index contributed by atoms with van der Waals surface area (Å²) in [6, 6.07) is 5.49. The highest BCUT2D eigenvalue weighted by molar-refractivity contribution is 14.1. The van der Waals surface area contributed by atoms with E-state index in [0.717, 1.165) is 0 Å². The first-order chi connectivity index (χ1) is 10.6. The predicted octanol–water partition coefficient (Wildman–Crippen LogP) is 2.67. The molecule has 0 aliphatic rings. The van der Waals surface area contributed by atoms with Gasteiger partial charge in [-0.05, 0) is 45.4 Å². The van der Waals surface area contributed by atoms with E-state index in [1.807, 2.05) is 13.8 Å². The molecule has 0 fully saturated rings. The summed E-state index contributed by atoms with van der Waals surface area (Å²) in [5.74, 6) is -0.309. The largest absolute Gasteiger partial charge is 0.462 e. The van der Waals surface area contributed by atoms with Crippen LogP contribution in [0.2, 0.25) is 0 Å². The Balaban J connectivity index is 2.97. The minimum Gasteiger partial charge on any atom is -0.462 e. The number of halogens is 1. The normalized spacial score (nSPS) is 13.2. The third kappa shape index (κ3) is 7.02. The Hall–Kier alpha value is -0.910. The van der Waals surface area contributed by atoms with Crippen LogP contribution in [0, 0.1) is 0 Å². The maximum atomic E-state index is 12.2. The van der Waals surface area contributed by atoms with Crippen molar-refractivity contribution in [1.82, 2.24) is 5.32 Å². The van der Waals surface area contributed by atoms with Crippen molar-refractivity contribution in [3.05, 3.63) is 29.8 Å². The zero-order chi connectivity index (χ0) is 17.6. The average Bonchev–Trinajstić information content (AvgIpc) is 2.44. The number of hydrogen-bond acceptors (Lipinski definition) is 7. The fraction of sp³-hybridized carbons (Fsp3) is 0.500. The van der Waals surface area contributed by atoms with E-state index in [1.54, 1.807) is 26.0 Å². The van der Waals surface area contributed by atoms with Gasteiger partial charge in [0.05, 0.1) is 6.10 Å². The summed E-state index contributed by atoms with van der Waals surface area (Å²) in [4.78, 5) is 12.2. The Morgan fingerprint density at radius 3 is 2.13 bits per heavy atom. The van der Waals surface area contributed by atoms with Crippen molar-refractivity contribution >= 4 is 39.4 Å². The second kappa shape index (κ2) is 8.81. The van der Waals surface area contributed by atoms with Crippen LogP contribution in [-0.2, 0) is 22.4 Å². The maximum Gasteiger partial charge on any atom is 0.458 e. The van der Waals surface area contributed by atoms with E-state index < -0.39 is 22.4 Å². The number of carbonyl (C=O) groups is 1. The van der Waals surface area contributed by atoms with Gasteiger partial charge in [-0.2, -0.15) is 10.9 Å². The van der Waals surface area contributed by atoms with Gasteiger partial charge in [-0.25, -0.2) is 4.79 Å². The lowest BCUT2D eigenvalue weighted by Crippen LogP contribution is -2.35. The highest BCUT2D eigenvalue weighted by Gasteiger charge is 2.24. The van der Waals surface area contributed by atoms with E-state index in [0.29, 0.717) is 5.56 Å². The molecule has 23 heavy (non-hydrogen) atoms. The van der Waals surface area contributed by atoms with E-state index in [4.69, 9.17) is 8.92 Å². The second-order valence-corrected chi connectivity index (χ2v) is 7.55. The van der Waals surface area contributed by atoms with Gasteiger partial charge in [-0.1, -0.05) is 12.1 Å². The zero-order valence-electron chi connectivity index (χ0n) is 13.3. The minimum absolute atomic E-state index is 0.0587. The molecule has 1 unspecified atom stereocenters. The fourth-order valence-electron chi connectivity index (χ4n) is 1.78. The Bertz CT molecular complexity index is 615. The molecule has 7 nitrogen and oxygen atoms in total. The first-order valence-electron chi connectivity index (χ1n) is 6.95. The van der Waals surface area contributed by atoms with Crippen molar-refractivity contribution in [2.45, 2.75) is 45.9 Å². The summed E-state index contributed by atoms with van der Waals surface area (Å²) < 4.78 is 36.6. The molecular weight excluding hydrogens is 437 g/mol. The van der Waals surface area contributed by atoms with Crippen molar-refractivity contribution < 1.29 is 24.6 Å². The van der Waals surface area contributed by atoms with Crippen molar-refractivity contribution in [1.29, 1.82) is 0 Å². The van der Waals surface area contributed by atoms with Gasteiger partial charge in [0.1, 0.15) is 34.8 Å². The minimum atomic E-state index is -4.08. The molecule has 0 aliphatic heterocycles. The number of carbonyl (C=O) groups excluding carboxylic acids is 1. The maximum absolute atomic E-state index is 12.2. The summed E-state index contributed by atoms with van der Waals surface area (Å²) >= 11 is 1.22. The number of ether oxygens (including phenoxy) is 1. The molecule has 1 aromatic rings. The first-order valence-corrected chi connectivity index (χ1v) is 9.17. The zero-order valence-corrected chi connectivity index (χ0v) is 16.3. The highest BCUT2D eigenvalue weighted by Crippen LogP contribution is 2.22. The summed E-state index contributed by atoms with van der Waals surface area (Å²) in [6.07, 6.45) is -0.229. The van der Waals surface area contributed by atoms with E-state index in [-0.39, 0.29) is 17.9 Å². The summed E-state index contributed by atoms with van der Waals surface area (Å²) in [7, 11) is -4.08. The summed E-state index contributed by atoms with van der Waals surface area (Å²) in [5.41, 5.74) is 0.643. The summed E-state index contributed by atoms with van der Waals surface area (Å²) in [6.45, 7) is 7.38. The molecule has 0 aliphatic carbocycles. The molecule has 0 amide bonds. The lowest BCUT2D eigenvalue weighted by Gasteiger charge is -2.21. The Kier molecular flexibility index (Phi) is 7.71. The number of hydrogen-bond donors (Lipinski definition) is 1. The monoisotopic (exact) mass is 457 g/mol. The number of benzene rings is 1. The second-order valence-electron chi connectivity index (χ2n) is 5.36. The van der Waals surface area contributed by atoms with Crippen LogP contribution in [0.3, 0.4) is 0 Å². The van der Waals surface area contributed by atoms with Crippen molar-refractivity contribution in [2.75, 3.05) is 0 Å². The van der Waals surface area contributed by atoms with Gasteiger partial charge >= 0.3 is 16.4 Å². The van der Waals surface area contributed by atoms with Crippen LogP contribution >= 0.6 is 23.0 Å². The van der Waals surface area contributed by atoms with E-state index in [1.165, 1.54) is 35.1 Å². The molecule has 1 aromatic carbocycles.